The smallest absolute Gasteiger partial charge is 0.239 e. The van der Waals surface area contributed by atoms with Crippen molar-refractivity contribution in [3.8, 4) is 0 Å². The topological polar surface area (TPSA) is 52.7 Å². The van der Waals surface area contributed by atoms with Crippen molar-refractivity contribution in [3.05, 3.63) is 35.9 Å². The van der Waals surface area contributed by atoms with Crippen LogP contribution < -0.4 is 5.32 Å². The molecule has 1 aliphatic heterocycles. The summed E-state index contributed by atoms with van der Waals surface area (Å²) in [5.74, 6) is 0.115. The van der Waals surface area contributed by atoms with Gasteiger partial charge in [0.1, 0.15) is 0 Å². The lowest BCUT2D eigenvalue weighted by Gasteiger charge is -2.48. The van der Waals surface area contributed by atoms with Crippen LogP contribution in [0, 0.1) is 5.41 Å². The lowest BCUT2D eigenvalue weighted by molar-refractivity contribution is -0.133. The third-order valence-electron chi connectivity index (χ3n) is 6.90. The molecule has 1 aliphatic carbocycles. The zero-order chi connectivity index (χ0) is 20.2. The number of nitrogens with one attached hydrogen (secondary N) is 1. The number of unbranched alkanes of at least 4 members (excludes halogenated alkanes) is 1. The minimum atomic E-state index is -0.0263. The Kier molecular flexibility index (Phi) is 6.43. The molecule has 5 heteroatoms. The van der Waals surface area contributed by atoms with Crippen LogP contribution in [0.25, 0.3) is 0 Å². The highest BCUT2D eigenvalue weighted by Crippen LogP contribution is 2.51. The standard InChI is InChI=1S/C23H35N3O2/c1-4-5-15-24-20(27)17-26-18-22(16-21(26)28)11-13-23(14-12-22,25(2)3)19-9-7-6-8-10-19/h6-10H,4-5,11-18H2,1-3H3,(H,24,27). The summed E-state index contributed by atoms with van der Waals surface area (Å²) in [6.07, 6.45) is 6.78. The first-order valence-electron chi connectivity index (χ1n) is 10.7. The molecule has 0 aromatic heterocycles. The molecule has 0 atom stereocenters. The van der Waals surface area contributed by atoms with E-state index in [2.05, 4.69) is 61.6 Å². The van der Waals surface area contributed by atoms with E-state index < -0.39 is 0 Å². The summed E-state index contributed by atoms with van der Waals surface area (Å²) in [7, 11) is 4.33. The van der Waals surface area contributed by atoms with Gasteiger partial charge in [0.05, 0.1) is 6.54 Å². The SMILES string of the molecule is CCCCNC(=O)CN1CC2(CCC(c3ccccc3)(N(C)C)CC2)CC1=O. The van der Waals surface area contributed by atoms with E-state index in [9.17, 15) is 9.59 Å². The average Bonchev–Trinajstić information content (AvgIpc) is 2.98. The van der Waals surface area contributed by atoms with E-state index >= 15 is 0 Å². The summed E-state index contributed by atoms with van der Waals surface area (Å²) in [6, 6.07) is 10.7. The predicted octanol–water partition coefficient (Wildman–Crippen LogP) is 3.15. The molecule has 154 valence electrons. The van der Waals surface area contributed by atoms with E-state index in [1.54, 1.807) is 4.90 Å². The highest BCUT2D eigenvalue weighted by atomic mass is 16.2. The van der Waals surface area contributed by atoms with Gasteiger partial charge in [0, 0.05) is 25.0 Å². The Morgan fingerprint density at radius 2 is 1.82 bits per heavy atom. The van der Waals surface area contributed by atoms with Crippen LogP contribution in [0.4, 0.5) is 0 Å². The van der Waals surface area contributed by atoms with Crippen LogP contribution >= 0.6 is 0 Å². The zero-order valence-electron chi connectivity index (χ0n) is 17.7. The fourth-order valence-corrected chi connectivity index (χ4v) is 5.03. The minimum Gasteiger partial charge on any atom is -0.355 e. The molecule has 0 unspecified atom stereocenters. The maximum atomic E-state index is 12.6. The van der Waals surface area contributed by atoms with Gasteiger partial charge in [-0.05, 0) is 57.2 Å². The van der Waals surface area contributed by atoms with Crippen molar-refractivity contribution in [2.45, 2.75) is 57.4 Å². The molecule has 5 nitrogen and oxygen atoms in total. The Hall–Kier alpha value is -1.88. The highest BCUT2D eigenvalue weighted by Gasteiger charge is 2.50. The summed E-state index contributed by atoms with van der Waals surface area (Å²) in [5.41, 5.74) is 1.45. The Morgan fingerprint density at radius 3 is 2.43 bits per heavy atom. The van der Waals surface area contributed by atoms with E-state index in [1.807, 2.05) is 0 Å². The summed E-state index contributed by atoms with van der Waals surface area (Å²) >= 11 is 0. The van der Waals surface area contributed by atoms with Crippen molar-refractivity contribution < 1.29 is 9.59 Å². The summed E-state index contributed by atoms with van der Waals surface area (Å²) in [5, 5.41) is 2.93. The number of hydrogen-bond donors (Lipinski definition) is 1. The van der Waals surface area contributed by atoms with Gasteiger partial charge in [-0.25, -0.2) is 0 Å². The van der Waals surface area contributed by atoms with Gasteiger partial charge in [0.2, 0.25) is 11.8 Å². The Bertz CT molecular complexity index is 678. The first kappa shape index (κ1) is 20.8. The van der Waals surface area contributed by atoms with Gasteiger partial charge in [-0.1, -0.05) is 43.7 Å². The molecule has 3 rings (SSSR count). The minimum absolute atomic E-state index is 0.0263. The van der Waals surface area contributed by atoms with E-state index in [1.165, 1.54) is 5.56 Å². The second-order valence-electron chi connectivity index (χ2n) is 8.92. The fraction of sp³-hybridized carbons (Fsp3) is 0.652. The molecule has 2 aliphatic rings. The first-order valence-corrected chi connectivity index (χ1v) is 10.7. The number of likely N-dealkylation sites (tertiary alicyclic amines) is 1. The van der Waals surface area contributed by atoms with Crippen molar-refractivity contribution in [1.29, 1.82) is 0 Å². The van der Waals surface area contributed by atoms with Crippen molar-refractivity contribution in [3.63, 3.8) is 0 Å². The maximum absolute atomic E-state index is 12.6. The monoisotopic (exact) mass is 385 g/mol. The van der Waals surface area contributed by atoms with Crippen LogP contribution in [-0.4, -0.2) is 55.3 Å². The zero-order valence-corrected chi connectivity index (χ0v) is 17.7. The third-order valence-corrected chi connectivity index (χ3v) is 6.90. The molecule has 1 heterocycles. The number of carbonyl (C=O) groups is 2. The number of rotatable bonds is 7. The molecule has 1 aromatic carbocycles. The van der Waals surface area contributed by atoms with Crippen LogP contribution in [0.1, 0.15) is 57.4 Å². The molecule has 1 spiro atoms. The largest absolute Gasteiger partial charge is 0.355 e. The fourth-order valence-electron chi connectivity index (χ4n) is 5.03. The molecule has 28 heavy (non-hydrogen) atoms. The highest BCUT2D eigenvalue weighted by molar-refractivity contribution is 5.86. The lowest BCUT2D eigenvalue weighted by atomic mass is 9.64. The summed E-state index contributed by atoms with van der Waals surface area (Å²) in [4.78, 5) is 28.9. The quantitative estimate of drug-likeness (QED) is 0.734. The van der Waals surface area contributed by atoms with Gasteiger partial charge in [0.15, 0.2) is 0 Å². The van der Waals surface area contributed by atoms with E-state index in [0.29, 0.717) is 13.0 Å². The Balaban J connectivity index is 1.63. The van der Waals surface area contributed by atoms with E-state index in [4.69, 9.17) is 0 Å². The van der Waals surface area contributed by atoms with Gasteiger partial charge in [-0.2, -0.15) is 0 Å². The van der Waals surface area contributed by atoms with Gasteiger partial charge in [-0.15, -0.1) is 0 Å². The molecule has 1 saturated heterocycles. The third kappa shape index (κ3) is 4.24. The molecule has 0 bridgehead atoms. The van der Waals surface area contributed by atoms with E-state index in [-0.39, 0.29) is 29.3 Å². The molecule has 2 amide bonds. The molecule has 0 radical (unpaired) electrons. The van der Waals surface area contributed by atoms with Crippen molar-refractivity contribution in [1.82, 2.24) is 15.1 Å². The normalized spacial score (nSPS) is 27.6. The molecule has 1 aromatic rings. The number of benzene rings is 1. The number of nitrogens with zero attached hydrogens (tertiary/aromatic N) is 2. The van der Waals surface area contributed by atoms with Crippen molar-refractivity contribution in [2.24, 2.45) is 5.41 Å². The summed E-state index contributed by atoms with van der Waals surface area (Å²) < 4.78 is 0. The summed E-state index contributed by atoms with van der Waals surface area (Å²) in [6.45, 7) is 3.74. The van der Waals surface area contributed by atoms with Gasteiger partial charge >= 0.3 is 0 Å². The van der Waals surface area contributed by atoms with Gasteiger partial charge in [0.25, 0.3) is 0 Å². The predicted molar refractivity (Wildman–Crippen MR) is 112 cm³/mol. The van der Waals surface area contributed by atoms with Gasteiger partial charge < -0.3 is 10.2 Å². The number of amides is 2. The van der Waals surface area contributed by atoms with Crippen molar-refractivity contribution in [2.75, 3.05) is 33.7 Å². The van der Waals surface area contributed by atoms with Crippen LogP contribution in [-0.2, 0) is 15.1 Å². The molecular formula is C23H35N3O2. The van der Waals surface area contributed by atoms with Crippen LogP contribution in [0.5, 0.6) is 0 Å². The molecular weight excluding hydrogens is 350 g/mol. The molecule has 1 saturated carbocycles. The van der Waals surface area contributed by atoms with E-state index in [0.717, 1.165) is 45.1 Å². The van der Waals surface area contributed by atoms with Gasteiger partial charge in [-0.3, -0.25) is 14.5 Å². The first-order chi connectivity index (χ1) is 13.4. The van der Waals surface area contributed by atoms with Crippen LogP contribution in [0.15, 0.2) is 30.3 Å². The average molecular weight is 386 g/mol. The second kappa shape index (κ2) is 8.64. The maximum Gasteiger partial charge on any atom is 0.239 e. The van der Waals surface area contributed by atoms with Crippen LogP contribution in [0.3, 0.4) is 0 Å². The Labute approximate surface area is 169 Å². The number of carbonyl (C=O) groups excluding carboxylic acids is 2. The molecule has 2 fully saturated rings. The Morgan fingerprint density at radius 1 is 1.14 bits per heavy atom. The van der Waals surface area contributed by atoms with Crippen LogP contribution in [0.2, 0.25) is 0 Å². The second-order valence-corrected chi connectivity index (χ2v) is 8.92. The molecule has 1 N–H and O–H groups in total. The lowest BCUT2D eigenvalue weighted by Crippen LogP contribution is -2.47. The number of hydrogen-bond acceptors (Lipinski definition) is 3. The van der Waals surface area contributed by atoms with Crippen molar-refractivity contribution >= 4 is 11.8 Å².